The van der Waals surface area contributed by atoms with E-state index in [-0.39, 0.29) is 5.91 Å². The lowest BCUT2D eigenvalue weighted by Crippen LogP contribution is -2.31. The quantitative estimate of drug-likeness (QED) is 0.614. The molecule has 0 radical (unpaired) electrons. The van der Waals surface area contributed by atoms with Crippen LogP contribution in [-0.2, 0) is 5.75 Å². The fraction of sp³-hybridized carbons (Fsp3) is 0.500. The zero-order valence-electron chi connectivity index (χ0n) is 13.8. The molecule has 0 aromatic carbocycles. The Hall–Kier alpha value is -2.02. The van der Waals surface area contributed by atoms with Crippen LogP contribution in [0.2, 0.25) is 0 Å². The Bertz CT molecular complexity index is 809. The van der Waals surface area contributed by atoms with Crippen molar-refractivity contribution in [3.63, 3.8) is 0 Å². The molecule has 2 aromatic heterocycles. The third-order valence-corrected chi connectivity index (χ3v) is 6.90. The third-order valence-electron chi connectivity index (χ3n) is 6.00. The van der Waals surface area contributed by atoms with Crippen LogP contribution in [0.5, 0.6) is 0 Å². The van der Waals surface area contributed by atoms with Gasteiger partial charge in [0.25, 0.3) is 5.91 Å². The maximum absolute atomic E-state index is 12.4. The summed E-state index contributed by atoms with van der Waals surface area (Å²) in [6.45, 7) is 0.745. The fourth-order valence-electron chi connectivity index (χ4n) is 4.65. The van der Waals surface area contributed by atoms with Crippen LogP contribution in [0.3, 0.4) is 0 Å². The van der Waals surface area contributed by atoms with Crippen molar-refractivity contribution in [2.24, 2.45) is 23.2 Å². The molecule has 1 amide bonds. The molecule has 2 N–H and O–H groups in total. The largest absolute Gasteiger partial charge is 0.455 e. The predicted octanol–water partition coefficient (Wildman–Crippen LogP) is 3.02. The number of thioether (sulfide) groups is 1. The average molecular weight is 356 g/mol. The van der Waals surface area contributed by atoms with Gasteiger partial charge in [-0.1, -0.05) is 23.9 Å². The SMILES string of the molecule is O=C(NC[C@@H]1C[C@@H]2C=C[C@@H]1C21CC1)c1ccc(CSc2ncn[nH]2)o1. The van der Waals surface area contributed by atoms with Gasteiger partial charge in [-0.05, 0) is 54.6 Å². The first-order valence-electron chi connectivity index (χ1n) is 8.78. The van der Waals surface area contributed by atoms with Gasteiger partial charge in [0.15, 0.2) is 10.9 Å². The van der Waals surface area contributed by atoms with Gasteiger partial charge in [-0.15, -0.1) is 0 Å². The minimum absolute atomic E-state index is 0.118. The van der Waals surface area contributed by atoms with E-state index in [0.717, 1.165) is 23.4 Å². The second-order valence-electron chi connectivity index (χ2n) is 7.30. The van der Waals surface area contributed by atoms with Crippen LogP contribution in [0, 0.1) is 23.2 Å². The van der Waals surface area contributed by atoms with E-state index in [2.05, 4.69) is 32.7 Å². The molecule has 7 heteroatoms. The number of carbonyl (C=O) groups is 1. The Morgan fingerprint density at radius 1 is 1.40 bits per heavy atom. The van der Waals surface area contributed by atoms with Gasteiger partial charge >= 0.3 is 0 Å². The summed E-state index contributed by atoms with van der Waals surface area (Å²) in [5.41, 5.74) is 0.575. The van der Waals surface area contributed by atoms with Crippen LogP contribution in [0.15, 0.2) is 40.2 Å². The fourth-order valence-corrected chi connectivity index (χ4v) is 5.32. The van der Waals surface area contributed by atoms with Crippen LogP contribution in [0.4, 0.5) is 0 Å². The number of allylic oxidation sites excluding steroid dienone is 2. The zero-order valence-corrected chi connectivity index (χ0v) is 14.6. The molecule has 2 saturated carbocycles. The Labute approximate surface area is 149 Å². The van der Waals surface area contributed by atoms with Gasteiger partial charge in [-0.25, -0.2) is 4.98 Å². The number of furan rings is 1. The Morgan fingerprint density at radius 3 is 3.08 bits per heavy atom. The lowest BCUT2D eigenvalue weighted by atomic mass is 9.89. The van der Waals surface area contributed by atoms with Gasteiger partial charge < -0.3 is 9.73 Å². The molecule has 2 aromatic rings. The molecule has 5 rings (SSSR count). The molecule has 3 aliphatic rings. The van der Waals surface area contributed by atoms with Crippen molar-refractivity contribution >= 4 is 17.7 Å². The first kappa shape index (κ1) is 15.3. The normalized spacial score (nSPS) is 27.9. The van der Waals surface area contributed by atoms with Gasteiger partial charge in [0.1, 0.15) is 12.1 Å². The third kappa shape index (κ3) is 2.61. The Morgan fingerprint density at radius 2 is 2.32 bits per heavy atom. The van der Waals surface area contributed by atoms with Gasteiger partial charge in [0.05, 0.1) is 5.75 Å². The van der Waals surface area contributed by atoms with E-state index in [4.69, 9.17) is 4.42 Å². The average Bonchev–Trinajstić information content (AvgIpc) is 3.01. The summed E-state index contributed by atoms with van der Waals surface area (Å²) in [5, 5.41) is 10.4. The van der Waals surface area contributed by atoms with Crippen LogP contribution >= 0.6 is 11.8 Å². The minimum atomic E-state index is -0.118. The maximum atomic E-state index is 12.4. The highest BCUT2D eigenvalue weighted by Gasteiger charge is 2.62. The highest BCUT2D eigenvalue weighted by atomic mass is 32.2. The topological polar surface area (TPSA) is 83.8 Å². The summed E-state index contributed by atoms with van der Waals surface area (Å²) < 4.78 is 5.67. The first-order chi connectivity index (χ1) is 12.2. The second-order valence-corrected chi connectivity index (χ2v) is 8.27. The van der Waals surface area contributed by atoms with Crippen molar-refractivity contribution in [1.29, 1.82) is 0 Å². The van der Waals surface area contributed by atoms with Gasteiger partial charge in [0, 0.05) is 6.54 Å². The van der Waals surface area contributed by atoms with Crippen molar-refractivity contribution < 1.29 is 9.21 Å². The monoisotopic (exact) mass is 356 g/mol. The summed E-state index contributed by atoms with van der Waals surface area (Å²) in [7, 11) is 0. The highest BCUT2D eigenvalue weighted by Crippen LogP contribution is 2.69. The van der Waals surface area contributed by atoms with Crippen molar-refractivity contribution in [2.75, 3.05) is 6.54 Å². The van der Waals surface area contributed by atoms with Gasteiger partial charge in [0.2, 0.25) is 0 Å². The van der Waals surface area contributed by atoms with Crippen LogP contribution in [-0.4, -0.2) is 27.6 Å². The molecule has 2 fully saturated rings. The standard InChI is InChI=1S/C18H20N4O2S/c23-16(15-4-2-13(24-15)9-25-17-20-10-21-22-17)19-8-11-7-12-1-3-14(11)18(12)5-6-18/h1-4,10-12,14H,5-9H2,(H,19,23)(H,20,21,22)/t11-,12-,14-/m0/s1. The van der Waals surface area contributed by atoms with Crippen molar-refractivity contribution in [1.82, 2.24) is 20.5 Å². The molecule has 6 nitrogen and oxygen atoms in total. The summed E-state index contributed by atoms with van der Waals surface area (Å²) in [6, 6.07) is 3.59. The lowest BCUT2D eigenvalue weighted by molar-refractivity contribution is 0.0915. The number of H-pyrrole nitrogens is 1. The summed E-state index contributed by atoms with van der Waals surface area (Å²) >= 11 is 1.49. The zero-order chi connectivity index (χ0) is 16.9. The molecule has 2 heterocycles. The van der Waals surface area contributed by atoms with E-state index in [1.165, 1.54) is 37.4 Å². The van der Waals surface area contributed by atoms with E-state index in [9.17, 15) is 4.79 Å². The number of hydrogen-bond acceptors (Lipinski definition) is 5. The van der Waals surface area contributed by atoms with E-state index >= 15 is 0 Å². The highest BCUT2D eigenvalue weighted by molar-refractivity contribution is 7.98. The van der Waals surface area contributed by atoms with Gasteiger partial charge in [-0.2, -0.15) is 5.10 Å². The molecule has 3 atom stereocenters. The number of aromatic nitrogens is 3. The molecule has 3 aliphatic carbocycles. The summed E-state index contributed by atoms with van der Waals surface area (Å²) in [4.78, 5) is 16.4. The van der Waals surface area contributed by atoms with E-state index in [1.807, 2.05) is 6.07 Å². The number of aromatic amines is 1. The summed E-state index contributed by atoms with van der Waals surface area (Å²) in [5.74, 6) is 3.64. The first-order valence-corrected chi connectivity index (χ1v) is 9.76. The van der Waals surface area contributed by atoms with Crippen LogP contribution < -0.4 is 5.32 Å². The number of rotatable bonds is 6. The van der Waals surface area contributed by atoms with Crippen LogP contribution in [0.1, 0.15) is 35.6 Å². The number of nitrogens with zero attached hydrogens (tertiary/aromatic N) is 2. The van der Waals surface area contributed by atoms with Crippen molar-refractivity contribution in [3.8, 4) is 0 Å². The summed E-state index contributed by atoms with van der Waals surface area (Å²) in [6.07, 6.45) is 10.2. The smallest absolute Gasteiger partial charge is 0.287 e. The molecular weight excluding hydrogens is 336 g/mol. The maximum Gasteiger partial charge on any atom is 0.287 e. The number of amides is 1. The molecular formula is C18H20N4O2S. The molecule has 2 bridgehead atoms. The molecule has 25 heavy (non-hydrogen) atoms. The molecule has 130 valence electrons. The number of hydrogen-bond donors (Lipinski definition) is 2. The van der Waals surface area contributed by atoms with Crippen molar-refractivity contribution in [3.05, 3.63) is 42.1 Å². The van der Waals surface area contributed by atoms with E-state index in [0.29, 0.717) is 28.8 Å². The number of carbonyl (C=O) groups excluding carboxylic acids is 1. The Balaban J connectivity index is 1.15. The number of nitrogens with one attached hydrogen (secondary N) is 2. The second kappa shape index (κ2) is 5.76. The Kier molecular flexibility index (Phi) is 3.51. The minimum Gasteiger partial charge on any atom is -0.455 e. The van der Waals surface area contributed by atoms with Crippen molar-refractivity contribution in [2.45, 2.75) is 30.2 Å². The molecule has 0 aliphatic heterocycles. The molecule has 0 unspecified atom stereocenters. The van der Waals surface area contributed by atoms with Gasteiger partial charge in [-0.3, -0.25) is 9.89 Å². The van der Waals surface area contributed by atoms with Crippen LogP contribution in [0.25, 0.3) is 0 Å². The van der Waals surface area contributed by atoms with E-state index < -0.39 is 0 Å². The lowest BCUT2D eigenvalue weighted by Gasteiger charge is -2.19. The molecule has 1 spiro atoms. The van der Waals surface area contributed by atoms with E-state index in [1.54, 1.807) is 6.07 Å². The molecule has 0 saturated heterocycles. The predicted molar refractivity (Wildman–Crippen MR) is 92.9 cm³/mol.